The van der Waals surface area contributed by atoms with Crippen LogP contribution in [0.3, 0.4) is 0 Å². The van der Waals surface area contributed by atoms with Crippen molar-refractivity contribution in [2.45, 2.75) is 109 Å². The van der Waals surface area contributed by atoms with Crippen molar-refractivity contribution >= 4 is 36.3 Å². The predicted octanol–water partition coefficient (Wildman–Crippen LogP) is 18.6. The van der Waals surface area contributed by atoms with E-state index in [0.717, 1.165) is 131 Å². The van der Waals surface area contributed by atoms with Gasteiger partial charge < -0.3 is 59.0 Å². The molecule has 4 aromatic heterocycles. The fourth-order valence-corrected chi connectivity index (χ4v) is 18.1. The third-order valence-corrected chi connectivity index (χ3v) is 24.0. The number of H-pyrrole nitrogens is 2. The normalized spacial score (nSPS) is 17.9. The SMILES string of the molecule is C.C.Cl.N#Cc1ccc2c(c1)Oc1ccccc1C2C1CCN(C(=O)C(F)(F)F)CC1.N/C(=N\O)c1ccc2c(c1)Oc1ccccc1C2C1CCN(C(=O)C(F)(F)F)CC1.NO.O=Cc1ccoc1.O=c1[nH]c(-c2ccc3c(c2)Oc2ccccc2C3C2CCN(Cc3ccoc3)CC2)no1.O=c1[nH]c(-c2ccc3c(c2)Oc2ccccc2C3C2CCNCC2)no1. The molecule has 34 heteroatoms. The molecule has 4 fully saturated rings. The van der Waals surface area contributed by atoms with E-state index in [9.17, 15) is 50.3 Å². The summed E-state index contributed by atoms with van der Waals surface area (Å²) in [7, 11) is 0. The average molecular weight is 1780 g/mol. The first-order valence-electron chi connectivity index (χ1n) is 40.7. The molecule has 12 heterocycles. The summed E-state index contributed by atoms with van der Waals surface area (Å²) in [5, 5.41) is 38.7. The number of amides is 2. The number of fused-ring (bicyclic) bond motifs is 8. The first-order valence-corrected chi connectivity index (χ1v) is 40.7. The van der Waals surface area contributed by atoms with Crippen molar-refractivity contribution < 1.29 is 88.0 Å². The Bertz CT molecular complexity index is 5980. The first kappa shape index (κ1) is 93.6. The second-order valence-electron chi connectivity index (χ2n) is 31.2. The number of hydrogen-bond donors (Lipinski definition) is 7. The van der Waals surface area contributed by atoms with Crippen LogP contribution in [0.15, 0.2) is 240 Å². The van der Waals surface area contributed by atoms with E-state index in [1.165, 1.54) is 40.3 Å². The molecule has 8 aromatic carbocycles. The molecule has 12 aromatic rings. The lowest BCUT2D eigenvalue weighted by atomic mass is 9.74. The van der Waals surface area contributed by atoms with E-state index >= 15 is 0 Å². The van der Waals surface area contributed by atoms with Crippen LogP contribution in [0, 0.1) is 35.0 Å². The molecule has 4 atom stereocenters. The fourth-order valence-electron chi connectivity index (χ4n) is 18.1. The molecular formula is C94H95ClF6N12O15. The number of nitriles is 1. The third-order valence-electron chi connectivity index (χ3n) is 24.0. The molecular weight excluding hydrogens is 1690 g/mol. The summed E-state index contributed by atoms with van der Waals surface area (Å²) >= 11 is 0. The van der Waals surface area contributed by atoms with Gasteiger partial charge in [0.15, 0.2) is 23.8 Å². The summed E-state index contributed by atoms with van der Waals surface area (Å²) in [5.41, 5.74) is 18.7. The Morgan fingerprint density at radius 2 is 0.859 bits per heavy atom. The Morgan fingerprint density at radius 1 is 0.492 bits per heavy atom. The highest BCUT2D eigenvalue weighted by molar-refractivity contribution is 5.97. The lowest BCUT2D eigenvalue weighted by Crippen LogP contribution is -2.46. The second kappa shape index (κ2) is 41.7. The number of benzene rings is 8. The maximum Gasteiger partial charge on any atom is 0.471 e. The van der Waals surface area contributed by atoms with Gasteiger partial charge in [-0.3, -0.25) is 38.3 Å². The molecule has 0 bridgehead atoms. The zero-order chi connectivity index (χ0) is 87.5. The van der Waals surface area contributed by atoms with E-state index < -0.39 is 35.7 Å². The number of halogens is 7. The number of rotatable bonds is 10. The van der Waals surface area contributed by atoms with Crippen molar-refractivity contribution in [2.75, 3.05) is 52.4 Å². The van der Waals surface area contributed by atoms with E-state index in [4.69, 9.17) is 44.8 Å². The van der Waals surface area contributed by atoms with E-state index in [2.05, 4.69) is 97.5 Å². The number of piperidine rings is 4. The van der Waals surface area contributed by atoms with Gasteiger partial charge in [0.2, 0.25) is 0 Å². The van der Waals surface area contributed by atoms with Gasteiger partial charge in [0.25, 0.3) is 0 Å². The van der Waals surface area contributed by atoms with Crippen LogP contribution < -0.4 is 47.4 Å². The number of nitrogens with one attached hydrogen (secondary N) is 3. The number of furan rings is 2. The summed E-state index contributed by atoms with van der Waals surface area (Å²) in [6.07, 6.45) is 3.85. The summed E-state index contributed by atoms with van der Waals surface area (Å²) in [5.74, 6) is 7.29. The molecule has 20 rings (SSSR count). The smallest absolute Gasteiger partial charge is 0.471 e. The Labute approximate surface area is 737 Å². The molecule has 0 saturated carbocycles. The standard InChI is InChI=1S/C25H23N3O4.C21H20F3N3O3.C21H17F3N2O2.C20H19N3O3.C5H4O2.2CH4.ClH.H3NO/c29-25-26-24(27-32-25)18-5-6-20-22(13-18)31-21-4-2-1-3-19(21)23(20)17-7-10-28(11-8-17)14-16-9-12-30-15-16;22-21(23,24)20(28)27-9-7-12(8-10-27)18-14-3-1-2-4-16(14)30-17-11-13(19(25)26-29)5-6-15(17)18;22-21(23,24)20(27)26-9-7-14(8-10-26)19-15-3-1-2-4-17(15)28-18-11-13(12-25)5-6-16(18)19;24-20-22-19(23-26-20)13-5-6-15-17(11-13)25-16-4-2-1-3-14(16)18(15)12-7-9-21-10-8-12;6-3-5-1-2-7-4-5;;;;1-2/h1-6,9,12-13,15,17,23H,7-8,10-11,14H2,(H,26,27,29);1-6,11-12,18,29H,7-10H2,(H2,25,26);1-6,11,14,19H,7-10H2;1-6,11-12,18,21H,7-10H2,(H,22,23,24);1-4H;2*1H4;1H;2H,1H2. The number of aldehydes is 1. The highest BCUT2D eigenvalue weighted by atomic mass is 35.5. The van der Waals surface area contributed by atoms with E-state index in [-0.39, 0.29) is 88.9 Å². The summed E-state index contributed by atoms with van der Waals surface area (Å²) in [6.45, 7) is 5.42. The van der Waals surface area contributed by atoms with Crippen LogP contribution in [0.5, 0.6) is 46.0 Å². The van der Waals surface area contributed by atoms with E-state index in [0.29, 0.717) is 94.8 Å². The number of amidine groups is 1. The van der Waals surface area contributed by atoms with Crippen molar-refractivity contribution in [1.29, 1.82) is 5.26 Å². The zero-order valence-corrected chi connectivity index (χ0v) is 68.3. The molecule has 128 heavy (non-hydrogen) atoms. The predicted molar refractivity (Wildman–Crippen MR) is 462 cm³/mol. The van der Waals surface area contributed by atoms with Gasteiger partial charge in [-0.1, -0.05) is 146 Å². The zero-order valence-electron chi connectivity index (χ0n) is 67.5. The molecule has 0 spiro atoms. The van der Waals surface area contributed by atoms with Gasteiger partial charge in [0.05, 0.1) is 36.0 Å². The van der Waals surface area contributed by atoms with Crippen LogP contribution in [-0.2, 0) is 16.1 Å². The number of likely N-dealkylation sites (tertiary alicyclic amines) is 3. The van der Waals surface area contributed by atoms with Gasteiger partial charge in [-0.15, -0.1) is 12.4 Å². The highest BCUT2D eigenvalue weighted by Crippen LogP contribution is 2.55. The number of nitrogens with zero attached hydrogens (tertiary/aromatic N) is 7. The maximum atomic E-state index is 12.8. The Balaban J connectivity index is 0.000000149. The Kier molecular flexibility index (Phi) is 30.5. The lowest BCUT2D eigenvalue weighted by molar-refractivity contribution is -0.186. The maximum absolute atomic E-state index is 12.8. The van der Waals surface area contributed by atoms with Gasteiger partial charge in [0, 0.05) is 123 Å². The van der Waals surface area contributed by atoms with Gasteiger partial charge in [-0.2, -0.15) is 31.6 Å². The van der Waals surface area contributed by atoms with Gasteiger partial charge in [-0.25, -0.2) is 15.5 Å². The van der Waals surface area contributed by atoms with Crippen LogP contribution >= 0.6 is 12.4 Å². The molecule has 670 valence electrons. The number of aromatic nitrogens is 4. The number of carbonyl (C=O) groups is 3. The van der Waals surface area contributed by atoms with Crippen molar-refractivity contribution in [1.82, 2.24) is 40.3 Å². The molecule has 4 unspecified atom stereocenters. The first-order chi connectivity index (χ1) is 60.6. The fraction of sp³-hybridized carbons (Fsp3) is 0.309. The van der Waals surface area contributed by atoms with Crippen LogP contribution in [0.4, 0.5) is 26.3 Å². The number of nitrogens with two attached hydrogens (primary N) is 2. The van der Waals surface area contributed by atoms with Crippen LogP contribution in [0.2, 0.25) is 0 Å². The minimum atomic E-state index is -4.85. The average Bonchev–Trinajstić information content (AvgIpc) is 1.22. The largest absolute Gasteiger partial charge is 0.472 e. The van der Waals surface area contributed by atoms with Gasteiger partial charge in [0.1, 0.15) is 52.3 Å². The monoisotopic (exact) mass is 1780 g/mol. The number of para-hydroxylation sites is 4. The van der Waals surface area contributed by atoms with Gasteiger partial charge in [-0.05, 0) is 168 Å². The molecule has 8 aliphatic heterocycles. The number of aromatic amines is 2. The Morgan fingerprint density at radius 3 is 1.22 bits per heavy atom. The highest BCUT2D eigenvalue weighted by Gasteiger charge is 2.47. The number of hydrogen-bond acceptors (Lipinski definition) is 22. The second-order valence-corrected chi connectivity index (χ2v) is 31.2. The number of alkyl halides is 6. The number of oxime groups is 1. The van der Waals surface area contributed by atoms with Gasteiger partial charge >= 0.3 is 35.7 Å². The lowest BCUT2D eigenvalue weighted by Gasteiger charge is -2.39. The van der Waals surface area contributed by atoms with Crippen LogP contribution in [0.25, 0.3) is 22.8 Å². The minimum absolute atomic E-state index is 0. The Hall–Kier alpha value is -13.5. The quantitative estimate of drug-likeness (QED) is 0.0167. The van der Waals surface area contributed by atoms with Crippen molar-refractivity contribution in [3.63, 3.8) is 0 Å². The molecule has 8 aliphatic rings. The summed E-state index contributed by atoms with van der Waals surface area (Å²) in [6, 6.07) is 60.0. The summed E-state index contributed by atoms with van der Waals surface area (Å²) in [4.78, 5) is 65.0. The number of carbonyl (C=O) groups excluding carboxylic acids is 3. The van der Waals surface area contributed by atoms with Crippen molar-refractivity contribution in [2.24, 2.45) is 40.5 Å². The van der Waals surface area contributed by atoms with Crippen molar-refractivity contribution in [3.05, 3.63) is 295 Å². The molecule has 27 nitrogen and oxygen atoms in total. The minimum Gasteiger partial charge on any atom is -0.472 e. The summed E-state index contributed by atoms with van der Waals surface area (Å²) < 4.78 is 120. The molecule has 0 radical (unpaired) electrons. The molecule has 0 aliphatic carbocycles. The van der Waals surface area contributed by atoms with Crippen LogP contribution in [-0.4, -0.2) is 134 Å². The van der Waals surface area contributed by atoms with E-state index in [1.54, 1.807) is 36.6 Å². The molecule has 9 N–H and O–H groups in total. The van der Waals surface area contributed by atoms with E-state index in [1.807, 2.05) is 122 Å². The third kappa shape index (κ3) is 20.9. The van der Waals surface area contributed by atoms with Crippen LogP contribution in [0.1, 0.15) is 161 Å². The molecule has 4 saturated heterocycles. The number of ether oxygens (including phenoxy) is 4. The topological polar surface area (TPSA) is 383 Å². The van der Waals surface area contributed by atoms with Crippen molar-refractivity contribution in [3.8, 4) is 74.8 Å². The molecule has 2 amide bonds.